The van der Waals surface area contributed by atoms with E-state index in [9.17, 15) is 0 Å². The van der Waals surface area contributed by atoms with E-state index in [4.69, 9.17) is 13.3 Å². The largest absolute Gasteiger partial charge is 0.500 e. The highest BCUT2D eigenvalue weighted by molar-refractivity contribution is 6.60. The third-order valence-electron chi connectivity index (χ3n) is 4.31. The van der Waals surface area contributed by atoms with Gasteiger partial charge in [0.25, 0.3) is 0 Å². The number of hydrogen-bond acceptors (Lipinski definition) is 6. The minimum Gasteiger partial charge on any atom is -0.374 e. The van der Waals surface area contributed by atoms with Gasteiger partial charge in [0, 0.05) is 38.8 Å². The number of aromatic nitrogens is 4. The van der Waals surface area contributed by atoms with Crippen LogP contribution in [-0.2, 0) is 26.2 Å². The number of nitrogens with zero attached hydrogens (tertiary/aromatic N) is 4. The van der Waals surface area contributed by atoms with Gasteiger partial charge in [-0.15, -0.1) is 5.10 Å². The lowest BCUT2D eigenvalue weighted by Crippen LogP contribution is -2.46. The van der Waals surface area contributed by atoms with E-state index >= 15 is 0 Å². The van der Waals surface area contributed by atoms with E-state index in [2.05, 4.69) is 22.4 Å². The molecule has 0 saturated carbocycles. The molecule has 1 rings (SSSR count). The summed E-state index contributed by atoms with van der Waals surface area (Å²) in [6.07, 6.45) is 9.50. The quantitative estimate of drug-likeness (QED) is 0.297. The molecule has 0 N–H and O–H groups in total. The first-order chi connectivity index (χ1) is 12.7. The standard InChI is InChI=1S/C18H38N4O3Si/c1-5-9-10-11-12-13-15-18-19-20-21-22(18)16-14-17-26(23-6-2,24-7-3)25-8-4/h5-17H2,1-4H3. The van der Waals surface area contributed by atoms with Gasteiger partial charge >= 0.3 is 8.80 Å². The maximum atomic E-state index is 5.91. The molecule has 0 aromatic carbocycles. The van der Waals surface area contributed by atoms with Crippen LogP contribution in [0.1, 0.15) is 78.5 Å². The fraction of sp³-hybridized carbons (Fsp3) is 0.944. The zero-order chi connectivity index (χ0) is 19.1. The van der Waals surface area contributed by atoms with Gasteiger partial charge in [-0.1, -0.05) is 39.0 Å². The molecule has 0 unspecified atom stereocenters. The van der Waals surface area contributed by atoms with Gasteiger partial charge in [0.15, 0.2) is 5.82 Å². The second kappa shape index (κ2) is 14.3. The van der Waals surface area contributed by atoms with Crippen LogP contribution in [0.3, 0.4) is 0 Å². The number of aryl methyl sites for hydroxylation is 2. The smallest absolute Gasteiger partial charge is 0.374 e. The normalized spacial score (nSPS) is 12.0. The van der Waals surface area contributed by atoms with Crippen molar-refractivity contribution in [2.45, 2.75) is 91.7 Å². The molecule has 0 atom stereocenters. The first kappa shape index (κ1) is 23.2. The van der Waals surface area contributed by atoms with Crippen LogP contribution in [0.2, 0.25) is 6.04 Å². The first-order valence-corrected chi connectivity index (χ1v) is 12.3. The second-order valence-corrected chi connectivity index (χ2v) is 9.15. The summed E-state index contributed by atoms with van der Waals surface area (Å²) in [5.74, 6) is 0.983. The highest BCUT2D eigenvalue weighted by atomic mass is 28.4. The van der Waals surface area contributed by atoms with Crippen LogP contribution >= 0.6 is 0 Å². The zero-order valence-corrected chi connectivity index (χ0v) is 18.2. The van der Waals surface area contributed by atoms with Crippen molar-refractivity contribution in [1.29, 1.82) is 0 Å². The molecule has 0 aliphatic rings. The zero-order valence-electron chi connectivity index (χ0n) is 17.2. The predicted octanol–water partition coefficient (Wildman–Crippen LogP) is 4.01. The van der Waals surface area contributed by atoms with E-state index in [-0.39, 0.29) is 0 Å². The molecule has 0 fully saturated rings. The fourth-order valence-electron chi connectivity index (χ4n) is 3.09. The Labute approximate surface area is 160 Å². The molecule has 152 valence electrons. The SMILES string of the molecule is CCCCCCCCc1nnnn1CCC[Si](OCC)(OCC)OCC. The predicted molar refractivity (Wildman–Crippen MR) is 105 cm³/mol. The molecule has 8 heteroatoms. The van der Waals surface area contributed by atoms with E-state index in [1.165, 1.54) is 32.1 Å². The van der Waals surface area contributed by atoms with Gasteiger partial charge in [0.1, 0.15) is 0 Å². The Morgan fingerprint density at radius 3 is 2.04 bits per heavy atom. The van der Waals surface area contributed by atoms with Crippen LogP contribution < -0.4 is 0 Å². The van der Waals surface area contributed by atoms with E-state index in [1.807, 2.05) is 25.5 Å². The van der Waals surface area contributed by atoms with Crippen molar-refractivity contribution in [3.63, 3.8) is 0 Å². The Hall–Kier alpha value is -0.833. The summed E-state index contributed by atoms with van der Waals surface area (Å²) in [7, 11) is -2.57. The van der Waals surface area contributed by atoms with Crippen molar-refractivity contribution in [2.75, 3.05) is 19.8 Å². The molecular weight excluding hydrogens is 348 g/mol. The van der Waals surface area contributed by atoms with Gasteiger partial charge in [-0.25, -0.2) is 4.68 Å². The lowest BCUT2D eigenvalue weighted by molar-refractivity contribution is 0.0704. The Bertz CT molecular complexity index is 442. The van der Waals surface area contributed by atoms with Gasteiger partial charge in [-0.2, -0.15) is 0 Å². The summed E-state index contributed by atoms with van der Waals surface area (Å²) < 4.78 is 19.6. The van der Waals surface area contributed by atoms with Gasteiger partial charge < -0.3 is 13.3 Å². The van der Waals surface area contributed by atoms with Crippen molar-refractivity contribution in [1.82, 2.24) is 20.2 Å². The van der Waals surface area contributed by atoms with Gasteiger partial charge in [0.2, 0.25) is 0 Å². The van der Waals surface area contributed by atoms with Crippen LogP contribution in [0.5, 0.6) is 0 Å². The molecular formula is C18H38N4O3Si. The molecule has 7 nitrogen and oxygen atoms in total. The molecule has 1 aromatic rings. The molecule has 0 aliphatic carbocycles. The number of hydrogen-bond donors (Lipinski definition) is 0. The highest BCUT2D eigenvalue weighted by Gasteiger charge is 2.39. The maximum Gasteiger partial charge on any atom is 0.500 e. The molecule has 26 heavy (non-hydrogen) atoms. The second-order valence-electron chi connectivity index (χ2n) is 6.42. The van der Waals surface area contributed by atoms with Crippen molar-refractivity contribution >= 4 is 8.80 Å². The van der Waals surface area contributed by atoms with Crippen LogP contribution in [0, 0.1) is 0 Å². The molecule has 0 saturated heterocycles. The Morgan fingerprint density at radius 1 is 0.808 bits per heavy atom. The van der Waals surface area contributed by atoms with E-state index in [0.717, 1.165) is 37.7 Å². The molecule has 1 aromatic heterocycles. The lowest BCUT2D eigenvalue weighted by Gasteiger charge is -2.28. The van der Waals surface area contributed by atoms with Crippen molar-refractivity contribution in [2.24, 2.45) is 0 Å². The van der Waals surface area contributed by atoms with E-state index in [0.29, 0.717) is 19.8 Å². The average Bonchev–Trinajstić information content (AvgIpc) is 3.06. The van der Waals surface area contributed by atoms with Crippen molar-refractivity contribution < 1.29 is 13.3 Å². The van der Waals surface area contributed by atoms with Crippen LogP contribution in [-0.4, -0.2) is 48.8 Å². The van der Waals surface area contributed by atoms with Crippen molar-refractivity contribution in [3.8, 4) is 0 Å². The van der Waals surface area contributed by atoms with E-state index < -0.39 is 8.80 Å². The topological polar surface area (TPSA) is 71.3 Å². The number of tetrazole rings is 1. The van der Waals surface area contributed by atoms with Crippen LogP contribution in [0.25, 0.3) is 0 Å². The third kappa shape index (κ3) is 8.70. The molecule has 0 spiro atoms. The average molecular weight is 387 g/mol. The van der Waals surface area contributed by atoms with Crippen molar-refractivity contribution in [3.05, 3.63) is 5.82 Å². The summed E-state index contributed by atoms with van der Waals surface area (Å²) in [6, 6.07) is 0.791. The maximum absolute atomic E-state index is 5.91. The summed E-state index contributed by atoms with van der Waals surface area (Å²) in [4.78, 5) is 0. The number of rotatable bonds is 17. The Balaban J connectivity index is 2.42. The monoisotopic (exact) mass is 386 g/mol. The summed E-state index contributed by atoms with van der Waals surface area (Å²) >= 11 is 0. The number of unbranched alkanes of at least 4 members (excludes halogenated alkanes) is 5. The van der Waals surface area contributed by atoms with Gasteiger partial charge in [-0.05, 0) is 44.0 Å². The Kier molecular flexibility index (Phi) is 12.7. The highest BCUT2D eigenvalue weighted by Crippen LogP contribution is 2.19. The minimum atomic E-state index is -2.57. The summed E-state index contributed by atoms with van der Waals surface area (Å²) in [6.45, 7) is 10.8. The summed E-state index contributed by atoms with van der Waals surface area (Å²) in [5.41, 5.74) is 0. The van der Waals surface area contributed by atoms with E-state index in [1.54, 1.807) is 0 Å². The first-order valence-electron chi connectivity index (χ1n) is 10.4. The molecule has 1 heterocycles. The molecule has 0 bridgehead atoms. The summed E-state index contributed by atoms with van der Waals surface area (Å²) in [5, 5.41) is 12.2. The van der Waals surface area contributed by atoms with Gasteiger partial charge in [-0.3, -0.25) is 0 Å². The Morgan fingerprint density at radius 2 is 1.42 bits per heavy atom. The fourth-order valence-corrected chi connectivity index (χ4v) is 5.68. The minimum absolute atomic E-state index is 0.611. The molecule has 0 amide bonds. The third-order valence-corrected chi connectivity index (χ3v) is 7.46. The van der Waals surface area contributed by atoms with Crippen LogP contribution in [0.4, 0.5) is 0 Å². The van der Waals surface area contributed by atoms with Crippen LogP contribution in [0.15, 0.2) is 0 Å². The van der Waals surface area contributed by atoms with Gasteiger partial charge in [0.05, 0.1) is 0 Å². The lowest BCUT2D eigenvalue weighted by atomic mass is 10.1. The molecule has 0 aliphatic heterocycles. The molecule has 0 radical (unpaired) electrons.